The van der Waals surface area contributed by atoms with E-state index in [1.54, 1.807) is 0 Å². The number of halogens is 4. The maximum absolute atomic E-state index is 12.8. The number of piperazine rings is 1. The highest BCUT2D eigenvalue weighted by molar-refractivity contribution is 6.29. The fourth-order valence-electron chi connectivity index (χ4n) is 2.48. The van der Waals surface area contributed by atoms with E-state index in [1.807, 2.05) is 4.90 Å². The van der Waals surface area contributed by atoms with Crippen LogP contribution < -0.4 is 4.90 Å². The number of aromatic nitrogens is 1. The summed E-state index contributed by atoms with van der Waals surface area (Å²) in [6, 6.07) is 2.21. The molecule has 0 bridgehead atoms. The van der Waals surface area contributed by atoms with Gasteiger partial charge in [0, 0.05) is 25.7 Å². The van der Waals surface area contributed by atoms with Crippen LogP contribution in [0.25, 0.3) is 0 Å². The minimum atomic E-state index is -4.40. The van der Waals surface area contributed by atoms with Crippen molar-refractivity contribution in [1.29, 1.82) is 0 Å². The zero-order valence-corrected chi connectivity index (χ0v) is 12.2. The predicted octanol–water partition coefficient (Wildman–Crippen LogP) is 3.28. The van der Waals surface area contributed by atoms with Gasteiger partial charge < -0.3 is 4.90 Å². The minimum absolute atomic E-state index is 0.125. The Morgan fingerprint density at radius 3 is 2.60 bits per heavy atom. The van der Waals surface area contributed by atoms with Crippen LogP contribution in [0, 0.1) is 0 Å². The molecule has 1 unspecified atom stereocenters. The topological polar surface area (TPSA) is 19.4 Å². The Balaban J connectivity index is 2.23. The van der Waals surface area contributed by atoms with E-state index < -0.39 is 11.7 Å². The van der Waals surface area contributed by atoms with Gasteiger partial charge in [0.25, 0.3) is 0 Å². The van der Waals surface area contributed by atoms with Crippen LogP contribution in [0.5, 0.6) is 0 Å². The van der Waals surface area contributed by atoms with Crippen molar-refractivity contribution in [2.75, 3.05) is 31.1 Å². The number of pyridine rings is 1. The van der Waals surface area contributed by atoms with E-state index in [-0.39, 0.29) is 11.2 Å². The van der Waals surface area contributed by atoms with Crippen molar-refractivity contribution in [3.8, 4) is 0 Å². The zero-order valence-electron chi connectivity index (χ0n) is 11.4. The molecule has 1 aromatic rings. The maximum Gasteiger partial charge on any atom is 0.416 e. The molecule has 0 N–H and O–H groups in total. The zero-order chi connectivity index (χ0) is 14.9. The van der Waals surface area contributed by atoms with Crippen LogP contribution >= 0.6 is 11.6 Å². The van der Waals surface area contributed by atoms with Crippen LogP contribution in [0.3, 0.4) is 0 Å². The second kappa shape index (κ2) is 5.77. The summed E-state index contributed by atoms with van der Waals surface area (Å²) < 4.78 is 38.4. The number of rotatable bonds is 2. The van der Waals surface area contributed by atoms with E-state index in [9.17, 15) is 13.2 Å². The molecule has 0 aromatic carbocycles. The Kier molecular flexibility index (Phi) is 4.44. The maximum atomic E-state index is 12.8. The van der Waals surface area contributed by atoms with Crippen LogP contribution in [0.15, 0.2) is 12.1 Å². The van der Waals surface area contributed by atoms with Gasteiger partial charge in [-0.25, -0.2) is 4.98 Å². The first kappa shape index (κ1) is 15.4. The Labute approximate surface area is 121 Å². The molecule has 0 saturated carbocycles. The molecule has 0 amide bonds. The van der Waals surface area contributed by atoms with Crippen molar-refractivity contribution in [3.05, 3.63) is 22.8 Å². The second-order valence-corrected chi connectivity index (χ2v) is 5.35. The smallest absolute Gasteiger partial charge is 0.354 e. The summed E-state index contributed by atoms with van der Waals surface area (Å²) in [6.07, 6.45) is -4.40. The number of nitrogens with zero attached hydrogens (tertiary/aromatic N) is 3. The number of anilines is 1. The molecular formula is C13H17ClF3N3. The van der Waals surface area contributed by atoms with Crippen molar-refractivity contribution in [3.63, 3.8) is 0 Å². The lowest BCUT2D eigenvalue weighted by atomic mass is 10.1. The lowest BCUT2D eigenvalue weighted by Crippen LogP contribution is -2.52. The van der Waals surface area contributed by atoms with E-state index >= 15 is 0 Å². The van der Waals surface area contributed by atoms with Crippen LogP contribution in [0.2, 0.25) is 5.15 Å². The Morgan fingerprint density at radius 2 is 2.05 bits per heavy atom. The third kappa shape index (κ3) is 3.35. The third-order valence-electron chi connectivity index (χ3n) is 3.60. The molecule has 3 nitrogen and oxygen atoms in total. The van der Waals surface area contributed by atoms with Gasteiger partial charge in [-0.2, -0.15) is 13.2 Å². The summed E-state index contributed by atoms with van der Waals surface area (Å²) in [7, 11) is 0. The van der Waals surface area contributed by atoms with Gasteiger partial charge in [0.05, 0.1) is 5.56 Å². The Bertz CT molecular complexity index is 478. The summed E-state index contributed by atoms with van der Waals surface area (Å²) in [5, 5.41) is -0.125. The molecule has 20 heavy (non-hydrogen) atoms. The highest BCUT2D eigenvalue weighted by atomic mass is 35.5. The summed E-state index contributed by atoms with van der Waals surface area (Å²) >= 11 is 5.72. The van der Waals surface area contributed by atoms with E-state index in [4.69, 9.17) is 11.6 Å². The van der Waals surface area contributed by atoms with Gasteiger partial charge in [-0.3, -0.25) is 4.90 Å². The van der Waals surface area contributed by atoms with Crippen LogP contribution in [0.1, 0.15) is 19.4 Å². The average Bonchev–Trinajstić information content (AvgIpc) is 2.37. The lowest BCUT2D eigenvalue weighted by Gasteiger charge is -2.40. The molecule has 2 heterocycles. The molecule has 1 saturated heterocycles. The predicted molar refractivity (Wildman–Crippen MR) is 73.2 cm³/mol. The number of hydrogen-bond donors (Lipinski definition) is 0. The highest BCUT2D eigenvalue weighted by Crippen LogP contribution is 2.33. The molecular weight excluding hydrogens is 291 g/mol. The fraction of sp³-hybridized carbons (Fsp3) is 0.615. The van der Waals surface area contributed by atoms with Crippen molar-refractivity contribution in [2.24, 2.45) is 0 Å². The molecule has 2 rings (SSSR count). The summed E-state index contributed by atoms with van der Waals surface area (Å²) in [5.74, 6) is 0.299. The van der Waals surface area contributed by atoms with E-state index in [2.05, 4.69) is 23.7 Å². The molecule has 1 aliphatic rings. The number of hydrogen-bond acceptors (Lipinski definition) is 3. The molecule has 1 fully saturated rings. The monoisotopic (exact) mass is 307 g/mol. The van der Waals surface area contributed by atoms with E-state index in [0.29, 0.717) is 18.9 Å². The number of alkyl halides is 3. The SMILES string of the molecule is CCN1CCN(c2cc(C(F)(F)F)cc(Cl)n2)CC1C. The van der Waals surface area contributed by atoms with E-state index in [1.165, 1.54) is 0 Å². The van der Waals surface area contributed by atoms with Gasteiger partial charge in [-0.05, 0) is 25.6 Å². The molecule has 1 aliphatic heterocycles. The Hall–Kier alpha value is -1.01. The van der Waals surface area contributed by atoms with Crippen LogP contribution in [0.4, 0.5) is 19.0 Å². The highest BCUT2D eigenvalue weighted by Gasteiger charge is 2.33. The van der Waals surface area contributed by atoms with Crippen LogP contribution in [-0.4, -0.2) is 42.1 Å². The second-order valence-electron chi connectivity index (χ2n) is 4.96. The van der Waals surface area contributed by atoms with Gasteiger partial charge in [0.15, 0.2) is 0 Å². The van der Waals surface area contributed by atoms with Gasteiger partial charge in [0.2, 0.25) is 0 Å². The molecule has 0 aliphatic carbocycles. The minimum Gasteiger partial charge on any atom is -0.354 e. The van der Waals surface area contributed by atoms with Crippen molar-refractivity contribution >= 4 is 17.4 Å². The van der Waals surface area contributed by atoms with Gasteiger partial charge in [-0.1, -0.05) is 18.5 Å². The fourth-order valence-corrected chi connectivity index (χ4v) is 2.69. The van der Waals surface area contributed by atoms with Gasteiger partial charge in [-0.15, -0.1) is 0 Å². The van der Waals surface area contributed by atoms with Gasteiger partial charge in [0.1, 0.15) is 11.0 Å². The van der Waals surface area contributed by atoms with Gasteiger partial charge >= 0.3 is 6.18 Å². The molecule has 0 spiro atoms. The van der Waals surface area contributed by atoms with Crippen LogP contribution in [-0.2, 0) is 6.18 Å². The van der Waals surface area contributed by atoms with Crippen molar-refractivity contribution in [1.82, 2.24) is 9.88 Å². The Morgan fingerprint density at radius 1 is 1.35 bits per heavy atom. The first-order valence-corrected chi connectivity index (χ1v) is 6.93. The van der Waals surface area contributed by atoms with Crippen molar-refractivity contribution < 1.29 is 13.2 Å². The first-order valence-electron chi connectivity index (χ1n) is 6.55. The van der Waals surface area contributed by atoms with E-state index in [0.717, 1.165) is 25.2 Å². The molecule has 1 aromatic heterocycles. The first-order chi connectivity index (χ1) is 9.31. The molecule has 1 atom stereocenters. The third-order valence-corrected chi connectivity index (χ3v) is 3.80. The normalized spacial score (nSPS) is 21.3. The quantitative estimate of drug-likeness (QED) is 0.782. The summed E-state index contributed by atoms with van der Waals surface area (Å²) in [6.45, 7) is 7.19. The summed E-state index contributed by atoms with van der Waals surface area (Å²) in [4.78, 5) is 8.17. The standard InChI is InChI=1S/C13H17ClF3N3/c1-3-19-4-5-20(8-9(19)2)12-7-10(13(15,16)17)6-11(14)18-12/h6-7,9H,3-5,8H2,1-2H3. The summed E-state index contributed by atoms with van der Waals surface area (Å²) in [5.41, 5.74) is -0.752. The molecule has 7 heteroatoms. The molecule has 112 valence electrons. The lowest BCUT2D eigenvalue weighted by molar-refractivity contribution is -0.137. The average molecular weight is 308 g/mol. The largest absolute Gasteiger partial charge is 0.416 e. The van der Waals surface area contributed by atoms with Crippen molar-refractivity contribution in [2.45, 2.75) is 26.1 Å². The number of likely N-dealkylation sites (N-methyl/N-ethyl adjacent to an activating group) is 1. The molecule has 0 radical (unpaired) electrons.